The van der Waals surface area contributed by atoms with Crippen LogP contribution < -0.4 is 106 Å². The van der Waals surface area contributed by atoms with Gasteiger partial charge in [0, 0.05) is 81.3 Å². The maximum atomic E-state index is 14.9. The van der Waals surface area contributed by atoms with Gasteiger partial charge in [0.2, 0.25) is 5.95 Å². The summed E-state index contributed by atoms with van der Waals surface area (Å²) in [6.07, 6.45) is 3.05. The van der Waals surface area contributed by atoms with E-state index in [9.17, 15) is 50.3 Å². The number of hydrogen-bond donors (Lipinski definition) is 8. The van der Waals surface area contributed by atoms with Crippen LogP contribution in [0.25, 0.3) is 38.4 Å². The average molecular weight is 1180 g/mol. The number of halogens is 6. The summed E-state index contributed by atoms with van der Waals surface area (Å²) in [6.45, 7) is 8.55. The Morgan fingerprint density at radius 3 is 1.63 bits per heavy atom. The number of carbonyl (C=O) groups is 1. The van der Waals surface area contributed by atoms with Crippen LogP contribution in [0.5, 0.6) is 0 Å². The van der Waals surface area contributed by atoms with E-state index >= 15 is 0 Å². The number of aromatic nitrogens is 7. The first-order chi connectivity index (χ1) is 39.3. The monoisotopic (exact) mass is 1180 g/mol. The van der Waals surface area contributed by atoms with Crippen molar-refractivity contribution < 1.29 is 107 Å². The molecule has 12 rings (SSSR count). The predicted octanol–water partition coefficient (Wildman–Crippen LogP) is 0.401. The van der Waals surface area contributed by atoms with Crippen LogP contribution in [0.1, 0.15) is 21.6 Å². The third-order valence-electron chi connectivity index (χ3n) is 12.2. The largest absolute Gasteiger partial charge is 1.00 e. The van der Waals surface area contributed by atoms with Gasteiger partial charge in [-0.15, -0.1) is 0 Å². The number of aromatic amines is 4. The molecular weight excluding hydrogens is 1130 g/mol. The average Bonchev–Trinajstić information content (AvgIpc) is 3.10. The molecule has 0 spiro atoms. The van der Waals surface area contributed by atoms with Gasteiger partial charge in [0.05, 0.1) is 89.6 Å². The molecule has 0 radical (unpaired) electrons. The molecule has 0 aliphatic carbocycles. The molecule has 430 valence electrons. The molecule has 0 atom stereocenters. The van der Waals surface area contributed by atoms with Crippen LogP contribution in [0.4, 0.5) is 49.4 Å². The van der Waals surface area contributed by atoms with Crippen LogP contribution in [0.15, 0.2) is 104 Å². The summed E-state index contributed by atoms with van der Waals surface area (Å²) >= 11 is 0. The number of nitrogens with one attached hydrogen (secondary N) is 5. The Bertz CT molecular complexity index is 4000. The molecule has 3 saturated heterocycles. The number of aromatic carboxylic acids is 1. The van der Waals surface area contributed by atoms with Gasteiger partial charge in [0.1, 0.15) is 17.3 Å². The summed E-state index contributed by atoms with van der Waals surface area (Å²) in [7, 11) is 0. The number of nitrogen functional groups attached to an aromatic ring is 2. The van der Waals surface area contributed by atoms with Crippen molar-refractivity contribution in [3.63, 3.8) is 0 Å². The van der Waals surface area contributed by atoms with Gasteiger partial charge in [-0.05, 0) is 42.0 Å². The fourth-order valence-corrected chi connectivity index (χ4v) is 8.38. The number of imidazole rings is 1. The van der Waals surface area contributed by atoms with Crippen LogP contribution in [0, 0.1) is 46.4 Å². The smallest absolute Gasteiger partial charge is 0.812 e. The van der Waals surface area contributed by atoms with Crippen molar-refractivity contribution in [3.05, 3.63) is 178 Å². The summed E-state index contributed by atoms with van der Waals surface area (Å²) in [4.78, 5) is 76.7. The number of nitrogens with zero attached hydrogens (tertiary/aromatic N) is 6. The minimum Gasteiger partial charge on any atom is -0.812 e. The molecule has 10 N–H and O–H groups in total. The van der Waals surface area contributed by atoms with Crippen LogP contribution in [-0.2, 0) is 20.6 Å². The molecule has 3 fully saturated rings. The molecule has 0 unspecified atom stereocenters. The molecule has 4 aromatic heterocycles. The Labute approximate surface area is 506 Å². The minimum atomic E-state index is -1.38. The first-order valence-electron chi connectivity index (χ1n) is 24.7. The maximum absolute atomic E-state index is 14.9. The number of anilines is 4. The normalized spacial score (nSPS) is 13.7. The third-order valence-corrected chi connectivity index (χ3v) is 12.2. The fourth-order valence-electron chi connectivity index (χ4n) is 8.38. The molecule has 30 heteroatoms. The van der Waals surface area contributed by atoms with Crippen molar-refractivity contribution in [2.24, 2.45) is 0 Å². The van der Waals surface area contributed by atoms with Crippen LogP contribution in [-0.4, -0.2) is 124 Å². The van der Waals surface area contributed by atoms with Gasteiger partial charge in [0.15, 0.2) is 23.3 Å². The van der Waals surface area contributed by atoms with Gasteiger partial charge in [0.25, 0.3) is 11.1 Å². The van der Waals surface area contributed by atoms with Crippen molar-refractivity contribution in [3.8, 4) is 6.26 Å². The second-order valence-corrected chi connectivity index (χ2v) is 17.7. The van der Waals surface area contributed by atoms with E-state index in [2.05, 4.69) is 37.4 Å². The Morgan fingerprint density at radius 2 is 1.11 bits per heavy atom. The van der Waals surface area contributed by atoms with Crippen LogP contribution in [0.3, 0.4) is 0 Å². The number of morpholine rings is 3. The van der Waals surface area contributed by atoms with E-state index < -0.39 is 63.1 Å². The Balaban J connectivity index is 0.000000176. The predicted molar refractivity (Wildman–Crippen MR) is 287 cm³/mol. The number of carboxylic acid groups (broad SMARTS) is 1. The van der Waals surface area contributed by atoms with Crippen LogP contribution >= 0.6 is 0 Å². The van der Waals surface area contributed by atoms with E-state index in [4.69, 9.17) is 46.1 Å². The Kier molecular flexibility index (Phi) is 23.3. The van der Waals surface area contributed by atoms with Crippen LogP contribution in [0.2, 0.25) is 0 Å². The van der Waals surface area contributed by atoms with E-state index in [1.807, 2.05) is 39.2 Å². The first kappa shape index (κ1) is 64.1. The van der Waals surface area contributed by atoms with Crippen molar-refractivity contribution in [2.45, 2.75) is 6.42 Å². The molecule has 83 heavy (non-hydrogen) atoms. The zero-order valence-corrected chi connectivity index (χ0v) is 47.1. The minimum absolute atomic E-state index is 0. The first-order valence-corrected chi connectivity index (χ1v) is 24.7. The standard InChI is InChI=1S/C21H20FN5O.C12H12FN3O3.C8H4F2N2O2.C7H5F2NO2.C4H9NO.CHNO.K/c22-17-11-16-18(12-19(17)26-6-8-28-9-7-26)25-21(23)27-13-15(24-20(16)27)10-14-4-2-1-3-5-14;13-8-5-7-9(14-12(18)15-11(7)17)6-10(8)16-1-3-19-4-2-16;9-4-1-3-6(2-5(4)10)11-8(14)12-7(3)13;8-4-1-3(7(11)12)6(10)2-5(4)9;1-3-6-4-2-5-1;2-1-3;/h1-5,11-13H,6-10H2,(H2,23,25);5-6H,1-4H2,(H2,14,15,17,18);1-2H,(H2,11,12,13,14);1-2H,10H2,(H,11,12);5H,1-4H2;3H;/q;;;;;;+1/p-1. The number of hydrogen-bond acceptors (Lipinski definition) is 17. The quantitative estimate of drug-likeness (QED) is 0.0500. The molecule has 23 nitrogen and oxygen atoms in total. The van der Waals surface area contributed by atoms with Crippen molar-refractivity contribution in [1.29, 1.82) is 5.26 Å². The van der Waals surface area contributed by atoms with E-state index in [0.29, 0.717) is 117 Å². The second-order valence-electron chi connectivity index (χ2n) is 17.7. The fraction of sp³-hybridized carbons (Fsp3) is 0.245. The molecule has 0 bridgehead atoms. The molecule has 0 amide bonds. The summed E-state index contributed by atoms with van der Waals surface area (Å²) in [5.41, 5.74) is 12.4. The molecule has 0 saturated carbocycles. The second kappa shape index (κ2) is 30.3. The molecule has 7 heterocycles. The van der Waals surface area contributed by atoms with Gasteiger partial charge in [-0.2, -0.15) is 0 Å². The number of H-pyrrole nitrogens is 4. The van der Waals surface area contributed by atoms with Gasteiger partial charge in [-0.3, -0.25) is 24.0 Å². The zero-order chi connectivity index (χ0) is 59.0. The molecule has 3 aliphatic rings. The number of nitriles is 1. The zero-order valence-electron chi connectivity index (χ0n) is 44.0. The summed E-state index contributed by atoms with van der Waals surface area (Å²) in [5, 5.41) is 27.3. The van der Waals surface area contributed by atoms with Gasteiger partial charge >= 0.3 is 68.7 Å². The van der Waals surface area contributed by atoms with E-state index in [0.717, 1.165) is 55.8 Å². The van der Waals surface area contributed by atoms with E-state index in [1.165, 1.54) is 12.1 Å². The topological polar surface area (TPSA) is 344 Å². The number of nitrogens with two attached hydrogens (primary N) is 2. The number of ether oxygens (including phenoxy) is 3. The van der Waals surface area contributed by atoms with E-state index in [-0.39, 0.29) is 79.2 Å². The van der Waals surface area contributed by atoms with Crippen molar-refractivity contribution in [1.82, 2.24) is 39.6 Å². The number of fused-ring (bicyclic) bond motifs is 5. The summed E-state index contributed by atoms with van der Waals surface area (Å²) in [6, 6.07) is 18.7. The third kappa shape index (κ3) is 17.0. The van der Waals surface area contributed by atoms with Crippen molar-refractivity contribution >= 4 is 67.3 Å². The number of rotatable bonds is 5. The number of benzene rings is 5. The summed E-state index contributed by atoms with van der Waals surface area (Å²) in [5.74, 6) is -6.42. The molecule has 9 aromatic rings. The van der Waals surface area contributed by atoms with Gasteiger partial charge < -0.3 is 61.0 Å². The molecular formula is C53H50F6KN13O10. The van der Waals surface area contributed by atoms with Gasteiger partial charge in [-0.25, -0.2) is 56.0 Å². The maximum Gasteiger partial charge on any atom is 1.00 e. The summed E-state index contributed by atoms with van der Waals surface area (Å²) < 4.78 is 96.5. The number of carboxylic acids is 1. The Hall–Kier alpha value is -8.12. The Morgan fingerprint density at radius 1 is 0.639 bits per heavy atom. The SMILES string of the molecule is C1COCCN1.N#C[O-].Nc1cc(F)c(F)cc1C(=O)O.Nc1nc2cc(N3CCOCC3)c(F)cc2c2nc(Cc3ccccc3)cn12.O=c1[nH]c(=O)c2cc(F)c(F)cc2[nH]1.O=c1[nH]c(=O)c2cc(F)c(N3CCOCC3)cc2[nH]1.[K+]. The molecule has 5 aromatic carbocycles. The van der Waals surface area contributed by atoms with Gasteiger partial charge in [-0.1, -0.05) is 30.3 Å². The van der Waals surface area contributed by atoms with E-state index in [1.54, 1.807) is 10.5 Å². The van der Waals surface area contributed by atoms with Crippen molar-refractivity contribution in [2.75, 3.05) is 100 Å². The molecule has 3 aliphatic heterocycles.